The smallest absolute Gasteiger partial charge is 0.321 e. The number of urea groups is 1. The molecule has 0 radical (unpaired) electrons. The molecule has 2 unspecified atom stereocenters. The number of carbonyl (C=O) groups is 2. The van der Waals surface area contributed by atoms with E-state index in [0.29, 0.717) is 19.6 Å². The molecule has 4 N–H and O–H groups in total. The Bertz CT molecular complexity index is 519. The zero-order valence-electron chi connectivity index (χ0n) is 13.6. The van der Waals surface area contributed by atoms with Gasteiger partial charge in [0.15, 0.2) is 0 Å². The van der Waals surface area contributed by atoms with Gasteiger partial charge in [0.25, 0.3) is 0 Å². The molecule has 0 saturated carbocycles. The zero-order valence-corrected chi connectivity index (χ0v) is 13.6. The van der Waals surface area contributed by atoms with Gasteiger partial charge in [-0.25, -0.2) is 4.79 Å². The minimum atomic E-state index is -0.149. The molecule has 1 aromatic carbocycles. The van der Waals surface area contributed by atoms with Gasteiger partial charge in [0.05, 0.1) is 5.92 Å². The fraction of sp³-hybridized carbons (Fsp3) is 0.529. The van der Waals surface area contributed by atoms with Crippen molar-refractivity contribution in [3.8, 4) is 0 Å². The zero-order chi connectivity index (χ0) is 16.7. The van der Waals surface area contributed by atoms with Crippen LogP contribution in [0, 0.1) is 5.92 Å². The van der Waals surface area contributed by atoms with E-state index in [1.54, 1.807) is 4.90 Å². The molecule has 2 rings (SSSR count). The summed E-state index contributed by atoms with van der Waals surface area (Å²) in [5, 5.41) is 5.78. The quantitative estimate of drug-likeness (QED) is 0.773. The molecular weight excluding hydrogens is 292 g/mol. The lowest BCUT2D eigenvalue weighted by molar-refractivity contribution is -0.126. The summed E-state index contributed by atoms with van der Waals surface area (Å²) in [7, 11) is 0. The Labute approximate surface area is 137 Å². The minimum Gasteiger partial charge on any atom is -0.356 e. The molecule has 6 heteroatoms. The van der Waals surface area contributed by atoms with Crippen LogP contribution in [0.3, 0.4) is 0 Å². The summed E-state index contributed by atoms with van der Waals surface area (Å²) in [6, 6.07) is 9.28. The highest BCUT2D eigenvalue weighted by atomic mass is 16.2. The van der Waals surface area contributed by atoms with Crippen molar-refractivity contribution >= 4 is 17.6 Å². The minimum absolute atomic E-state index is 0.0165. The van der Waals surface area contributed by atoms with Crippen LogP contribution < -0.4 is 16.4 Å². The number of nitrogens with two attached hydrogens (primary N) is 1. The van der Waals surface area contributed by atoms with Gasteiger partial charge < -0.3 is 21.3 Å². The lowest BCUT2D eigenvalue weighted by Gasteiger charge is -2.32. The molecular formula is C17H26N4O2. The van der Waals surface area contributed by atoms with Gasteiger partial charge in [0.2, 0.25) is 5.91 Å². The third kappa shape index (κ3) is 5.56. The van der Waals surface area contributed by atoms with Crippen molar-refractivity contribution in [2.24, 2.45) is 11.7 Å². The number of benzene rings is 1. The number of piperidine rings is 1. The fourth-order valence-electron chi connectivity index (χ4n) is 2.67. The van der Waals surface area contributed by atoms with Gasteiger partial charge in [0, 0.05) is 31.4 Å². The summed E-state index contributed by atoms with van der Waals surface area (Å²) in [4.78, 5) is 26.2. The normalized spacial score (nSPS) is 19.0. The summed E-state index contributed by atoms with van der Waals surface area (Å²) in [5.74, 6) is -0.124. The summed E-state index contributed by atoms with van der Waals surface area (Å²) < 4.78 is 0. The van der Waals surface area contributed by atoms with Crippen LogP contribution in [0.2, 0.25) is 0 Å². The first-order valence-electron chi connectivity index (χ1n) is 8.20. The first-order valence-corrected chi connectivity index (χ1v) is 8.20. The third-order valence-corrected chi connectivity index (χ3v) is 4.00. The molecule has 23 heavy (non-hydrogen) atoms. The van der Waals surface area contributed by atoms with E-state index in [0.717, 1.165) is 24.9 Å². The summed E-state index contributed by atoms with van der Waals surface area (Å²) in [5.41, 5.74) is 6.44. The van der Waals surface area contributed by atoms with Gasteiger partial charge in [-0.05, 0) is 38.3 Å². The van der Waals surface area contributed by atoms with Crippen LogP contribution in [0.4, 0.5) is 10.5 Å². The Balaban J connectivity index is 1.82. The van der Waals surface area contributed by atoms with Crippen molar-refractivity contribution in [2.45, 2.75) is 32.2 Å². The Hall–Kier alpha value is -2.08. The highest BCUT2D eigenvalue weighted by molar-refractivity contribution is 5.90. The fourth-order valence-corrected chi connectivity index (χ4v) is 2.67. The van der Waals surface area contributed by atoms with Gasteiger partial charge in [-0.15, -0.1) is 0 Å². The average molecular weight is 318 g/mol. The van der Waals surface area contributed by atoms with Crippen molar-refractivity contribution in [2.75, 3.05) is 25.0 Å². The second-order valence-corrected chi connectivity index (χ2v) is 6.14. The predicted molar refractivity (Wildman–Crippen MR) is 91.0 cm³/mol. The first kappa shape index (κ1) is 17.3. The number of likely N-dealkylation sites (tertiary alicyclic amines) is 1. The van der Waals surface area contributed by atoms with Crippen LogP contribution in [-0.4, -0.2) is 42.5 Å². The maximum atomic E-state index is 12.3. The van der Waals surface area contributed by atoms with Crippen LogP contribution in [0.15, 0.2) is 30.3 Å². The molecule has 1 aromatic rings. The van der Waals surface area contributed by atoms with E-state index in [-0.39, 0.29) is 23.9 Å². The van der Waals surface area contributed by atoms with Gasteiger partial charge in [0.1, 0.15) is 0 Å². The number of anilines is 1. The molecule has 0 spiro atoms. The summed E-state index contributed by atoms with van der Waals surface area (Å²) in [6.45, 7) is 3.65. The number of hydrogen-bond donors (Lipinski definition) is 3. The molecule has 126 valence electrons. The van der Waals surface area contributed by atoms with Crippen LogP contribution in [0.5, 0.6) is 0 Å². The molecule has 1 aliphatic rings. The van der Waals surface area contributed by atoms with Crippen LogP contribution >= 0.6 is 0 Å². The Morgan fingerprint density at radius 3 is 2.78 bits per heavy atom. The van der Waals surface area contributed by atoms with E-state index in [1.807, 2.05) is 37.3 Å². The molecule has 0 aliphatic carbocycles. The second kappa shape index (κ2) is 8.53. The number of nitrogens with one attached hydrogen (secondary N) is 2. The van der Waals surface area contributed by atoms with Crippen molar-refractivity contribution < 1.29 is 9.59 Å². The molecule has 3 amide bonds. The lowest BCUT2D eigenvalue weighted by Crippen LogP contribution is -2.47. The summed E-state index contributed by atoms with van der Waals surface area (Å²) >= 11 is 0. The monoisotopic (exact) mass is 318 g/mol. The molecule has 1 aliphatic heterocycles. The first-order chi connectivity index (χ1) is 11.1. The van der Waals surface area contributed by atoms with E-state index < -0.39 is 0 Å². The highest BCUT2D eigenvalue weighted by Gasteiger charge is 2.28. The SMILES string of the molecule is CC(N)CCNC(=O)C1CCCN(C(=O)Nc2ccccc2)C1. The molecule has 6 nitrogen and oxygen atoms in total. The molecule has 1 heterocycles. The van der Waals surface area contributed by atoms with Gasteiger partial charge in [-0.3, -0.25) is 4.79 Å². The number of carbonyl (C=O) groups excluding carboxylic acids is 2. The standard InChI is InChI=1S/C17H26N4O2/c1-13(18)9-10-19-16(22)14-6-5-11-21(12-14)17(23)20-15-7-3-2-4-8-15/h2-4,7-8,13-14H,5-6,9-12,18H2,1H3,(H,19,22)(H,20,23). The maximum absolute atomic E-state index is 12.3. The number of hydrogen-bond acceptors (Lipinski definition) is 3. The Morgan fingerprint density at radius 1 is 1.35 bits per heavy atom. The molecule has 1 saturated heterocycles. The number of amides is 3. The average Bonchev–Trinajstić information content (AvgIpc) is 2.55. The van der Waals surface area contributed by atoms with E-state index in [9.17, 15) is 9.59 Å². The predicted octanol–water partition coefficient (Wildman–Crippen LogP) is 1.78. The van der Waals surface area contributed by atoms with Crippen LogP contribution in [-0.2, 0) is 4.79 Å². The van der Waals surface area contributed by atoms with Crippen molar-refractivity contribution in [1.29, 1.82) is 0 Å². The number of nitrogens with zero attached hydrogens (tertiary/aromatic N) is 1. The molecule has 1 fully saturated rings. The number of para-hydroxylation sites is 1. The van der Waals surface area contributed by atoms with Gasteiger partial charge >= 0.3 is 6.03 Å². The van der Waals surface area contributed by atoms with Crippen molar-refractivity contribution in [1.82, 2.24) is 10.2 Å². The van der Waals surface area contributed by atoms with Crippen LogP contribution in [0.1, 0.15) is 26.2 Å². The van der Waals surface area contributed by atoms with Crippen LogP contribution in [0.25, 0.3) is 0 Å². The third-order valence-electron chi connectivity index (χ3n) is 4.00. The van der Waals surface area contributed by atoms with E-state index >= 15 is 0 Å². The second-order valence-electron chi connectivity index (χ2n) is 6.14. The Morgan fingerprint density at radius 2 is 2.09 bits per heavy atom. The Kier molecular flexibility index (Phi) is 6.40. The number of rotatable bonds is 5. The van der Waals surface area contributed by atoms with Gasteiger partial charge in [-0.2, -0.15) is 0 Å². The van der Waals surface area contributed by atoms with E-state index in [1.165, 1.54) is 0 Å². The van der Waals surface area contributed by atoms with Crippen molar-refractivity contribution in [3.63, 3.8) is 0 Å². The van der Waals surface area contributed by atoms with E-state index in [2.05, 4.69) is 10.6 Å². The largest absolute Gasteiger partial charge is 0.356 e. The highest BCUT2D eigenvalue weighted by Crippen LogP contribution is 2.18. The molecule has 2 atom stereocenters. The van der Waals surface area contributed by atoms with Crippen molar-refractivity contribution in [3.05, 3.63) is 30.3 Å². The maximum Gasteiger partial charge on any atom is 0.321 e. The molecule has 0 bridgehead atoms. The molecule has 0 aromatic heterocycles. The topological polar surface area (TPSA) is 87.5 Å². The van der Waals surface area contributed by atoms with Gasteiger partial charge in [-0.1, -0.05) is 18.2 Å². The van der Waals surface area contributed by atoms with E-state index in [4.69, 9.17) is 5.73 Å². The summed E-state index contributed by atoms with van der Waals surface area (Å²) in [6.07, 6.45) is 2.42. The lowest BCUT2D eigenvalue weighted by atomic mass is 9.97.